The molecule has 8 aromatic carbocycles. The highest BCUT2D eigenvalue weighted by atomic mass is 16.2. The molecule has 4 saturated heterocycles. The summed E-state index contributed by atoms with van der Waals surface area (Å²) in [4.78, 5) is 60.1. The first-order valence-corrected chi connectivity index (χ1v) is 32.4. The Balaban J connectivity index is 0.000000119. The third kappa shape index (κ3) is 8.77. The molecule has 0 saturated carbocycles. The van der Waals surface area contributed by atoms with Crippen molar-refractivity contribution in [2.75, 3.05) is 75.6 Å². The number of likely N-dealkylation sites (N-methyl/N-ethyl adjacent to an activating group) is 4. The first-order chi connectivity index (χ1) is 48.4. The Kier molecular flexibility index (Phi) is 16.4. The van der Waals surface area contributed by atoms with E-state index in [1.54, 1.807) is 0 Å². The van der Waals surface area contributed by atoms with E-state index in [0.29, 0.717) is 48.9 Å². The Morgan fingerprint density at radius 2 is 0.430 bits per heavy atom. The molecule has 4 amide bonds. The molecule has 4 spiro atoms. The highest BCUT2D eigenvalue weighted by Crippen LogP contribution is 2.65. The summed E-state index contributed by atoms with van der Waals surface area (Å²) in [7, 11) is 7.46. The minimum Gasteiger partial charge on any atom is -0.325 e. The highest BCUT2D eigenvalue weighted by Gasteiger charge is 2.75. The van der Waals surface area contributed by atoms with Crippen molar-refractivity contribution in [2.45, 2.75) is 45.8 Å². The number of hydrogen-bond acceptors (Lipinski definition) is 16. The Hall–Kier alpha value is -12.6. The van der Waals surface area contributed by atoms with E-state index in [-0.39, 0.29) is 23.6 Å². The Labute approximate surface area is 579 Å². The summed E-state index contributed by atoms with van der Waals surface area (Å²) in [6.45, 7) is 1.26. The highest BCUT2D eigenvalue weighted by molar-refractivity contribution is 6.11. The van der Waals surface area contributed by atoms with Crippen molar-refractivity contribution >= 4 is 46.4 Å². The molecule has 8 aromatic rings. The second kappa shape index (κ2) is 24.8. The van der Waals surface area contributed by atoms with Crippen molar-refractivity contribution in [1.29, 1.82) is 42.1 Å². The van der Waals surface area contributed by atoms with Crippen LogP contribution in [0.1, 0.15) is 68.7 Å². The van der Waals surface area contributed by atoms with Crippen LogP contribution in [0.4, 0.5) is 22.7 Å². The second-order valence-corrected chi connectivity index (χ2v) is 26.7. The predicted octanol–water partition coefficient (Wildman–Crippen LogP) is 10.4. The summed E-state index contributed by atoms with van der Waals surface area (Å²) in [5.41, 5.74) is -1.77. The fourth-order valence-electron chi connectivity index (χ4n) is 18.0. The molecule has 20 heteroatoms. The number of para-hydroxylation sites is 4. The van der Waals surface area contributed by atoms with Crippen LogP contribution < -0.4 is 21.3 Å². The molecule has 8 aliphatic rings. The Morgan fingerprint density at radius 3 is 0.600 bits per heavy atom. The van der Waals surface area contributed by atoms with Gasteiger partial charge in [0, 0.05) is 48.9 Å². The van der Waals surface area contributed by atoms with Crippen molar-refractivity contribution in [2.24, 2.45) is 21.7 Å². The van der Waals surface area contributed by atoms with Gasteiger partial charge < -0.3 is 21.3 Å². The van der Waals surface area contributed by atoms with Gasteiger partial charge >= 0.3 is 0 Å². The average Bonchev–Trinajstić information content (AvgIpc) is 1.58. The van der Waals surface area contributed by atoms with Gasteiger partial charge in [-0.3, -0.25) is 38.8 Å². The van der Waals surface area contributed by atoms with Gasteiger partial charge in [-0.15, -0.1) is 0 Å². The minimum atomic E-state index is -1.51. The summed E-state index contributed by atoms with van der Waals surface area (Å²) in [5.74, 6) is -1.10. The van der Waals surface area contributed by atoms with Crippen LogP contribution in [0.5, 0.6) is 0 Å². The van der Waals surface area contributed by atoms with Crippen molar-refractivity contribution in [3.8, 4) is 48.6 Å². The maximum absolute atomic E-state index is 13.1. The fourth-order valence-corrected chi connectivity index (χ4v) is 18.0. The molecule has 4 fully saturated rings. The van der Waals surface area contributed by atoms with E-state index in [2.05, 4.69) is 69.8 Å². The molecule has 0 aliphatic carbocycles. The SMILES string of the molecule is CN1C[C@@]2(C(=O)Nc3ccccc32)C(C#N)(C#N)[C@@H]1c1ccccc1.CN1C[C@@]2(C(=O)Nc3ccccc32)C(C#N)(C#N)[C@@H]1c1ccccc1.CN1C[C@]2(C(=O)Nc3ccccc32)C(C#N)(C#N)[C@H]1c1ccccc1.CN1C[C@]2(C(=O)Nc3ccccc32)C(C#N)(C#N)[C@H]1c1ccccc1. The summed E-state index contributed by atoms with van der Waals surface area (Å²) in [6.07, 6.45) is 0. The Morgan fingerprint density at radius 1 is 0.270 bits per heavy atom. The lowest BCUT2D eigenvalue weighted by molar-refractivity contribution is -0.122. The first-order valence-electron chi connectivity index (χ1n) is 32.4. The molecule has 0 bridgehead atoms. The zero-order valence-electron chi connectivity index (χ0n) is 54.9. The van der Waals surface area contributed by atoms with Crippen LogP contribution in [-0.4, -0.2) is 97.6 Å². The number of nitrogens with one attached hydrogen (secondary N) is 4. The van der Waals surface area contributed by atoms with E-state index in [1.165, 1.54) is 0 Å². The molecule has 100 heavy (non-hydrogen) atoms. The second-order valence-electron chi connectivity index (χ2n) is 26.7. The number of amides is 4. The zero-order valence-corrected chi connectivity index (χ0v) is 54.9. The standard InChI is InChI=1S/4C20H16N4O/c4*1-24-13-20(15-9-5-6-10-16(15)23-18(20)25)19(11-21,12-22)17(24)14-7-3-2-4-8-14/h4*2-10,17H,13H2,1H3,(H,23,25)/t4*17-,20+/m1100/s1. The van der Waals surface area contributed by atoms with E-state index in [9.17, 15) is 61.3 Å². The quantitative estimate of drug-likeness (QED) is 0.127. The van der Waals surface area contributed by atoms with Crippen LogP contribution in [0.2, 0.25) is 0 Å². The van der Waals surface area contributed by atoms with Crippen LogP contribution >= 0.6 is 0 Å². The van der Waals surface area contributed by atoms with Crippen LogP contribution in [0.25, 0.3) is 0 Å². The average molecular weight is 1310 g/mol. The lowest BCUT2D eigenvalue weighted by Gasteiger charge is -2.33. The molecule has 16 rings (SSSR count). The number of nitrogens with zero attached hydrogens (tertiary/aromatic N) is 12. The van der Waals surface area contributed by atoms with E-state index < -0.39 is 67.5 Å². The number of benzene rings is 8. The summed E-state index contributed by atoms with van der Waals surface area (Å²) in [5, 5.41) is 92.8. The summed E-state index contributed by atoms with van der Waals surface area (Å²) >= 11 is 0. The molecular weight excluding hydrogens is 1250 g/mol. The van der Waals surface area contributed by atoms with Gasteiger partial charge in [-0.1, -0.05) is 194 Å². The van der Waals surface area contributed by atoms with E-state index in [4.69, 9.17) is 0 Å². The topological polar surface area (TPSA) is 320 Å². The molecule has 8 heterocycles. The fraction of sp³-hybridized carbons (Fsp3) is 0.250. The van der Waals surface area contributed by atoms with Gasteiger partial charge in [0.1, 0.15) is 21.7 Å². The van der Waals surface area contributed by atoms with Gasteiger partial charge in [-0.25, -0.2) is 0 Å². The van der Waals surface area contributed by atoms with Gasteiger partial charge in [-0.2, -0.15) is 42.1 Å². The van der Waals surface area contributed by atoms with Gasteiger partial charge in [0.2, 0.25) is 23.6 Å². The van der Waals surface area contributed by atoms with Crippen LogP contribution in [0.15, 0.2) is 218 Å². The van der Waals surface area contributed by atoms with E-state index in [0.717, 1.165) is 44.5 Å². The summed E-state index contributed by atoms with van der Waals surface area (Å²) in [6, 6.07) is 83.3. The first kappa shape index (κ1) is 66.0. The van der Waals surface area contributed by atoms with Crippen LogP contribution in [-0.2, 0) is 40.8 Å². The van der Waals surface area contributed by atoms with Gasteiger partial charge in [-0.05, 0) is 97.0 Å². The van der Waals surface area contributed by atoms with E-state index >= 15 is 0 Å². The maximum Gasteiger partial charge on any atom is 0.239 e. The molecule has 4 N–H and O–H groups in total. The molecule has 20 nitrogen and oxygen atoms in total. The minimum absolute atomic E-state index is 0.276. The number of fused-ring (bicyclic) bond motifs is 8. The number of carbonyl (C=O) groups excluding carboxylic acids is 4. The van der Waals surface area contributed by atoms with E-state index in [1.807, 2.05) is 266 Å². The lowest BCUT2D eigenvalue weighted by Crippen LogP contribution is -2.49. The lowest BCUT2D eigenvalue weighted by atomic mass is 9.60. The normalized spacial score (nSPS) is 26.7. The predicted molar refractivity (Wildman–Crippen MR) is 369 cm³/mol. The monoisotopic (exact) mass is 1310 g/mol. The van der Waals surface area contributed by atoms with Gasteiger partial charge in [0.25, 0.3) is 0 Å². The molecular formula is C80H64N16O4. The Bertz CT molecular complexity index is 4330. The molecule has 8 aliphatic heterocycles. The van der Waals surface area contributed by atoms with Crippen molar-refractivity contribution in [3.63, 3.8) is 0 Å². The van der Waals surface area contributed by atoms with Crippen molar-refractivity contribution in [3.05, 3.63) is 263 Å². The number of nitriles is 8. The van der Waals surface area contributed by atoms with Gasteiger partial charge in [0.05, 0.1) is 72.7 Å². The molecule has 0 aromatic heterocycles. The third-order valence-corrected chi connectivity index (χ3v) is 22.0. The number of carbonyl (C=O) groups is 4. The molecule has 0 radical (unpaired) electrons. The number of hydrogen-bond donors (Lipinski definition) is 4. The molecule has 488 valence electrons. The number of rotatable bonds is 4. The van der Waals surface area contributed by atoms with Gasteiger partial charge in [0.15, 0.2) is 21.7 Å². The number of anilines is 4. The number of likely N-dealkylation sites (tertiary alicyclic amines) is 4. The summed E-state index contributed by atoms with van der Waals surface area (Å²) < 4.78 is 0. The maximum atomic E-state index is 13.1. The molecule has 0 unspecified atom stereocenters. The smallest absolute Gasteiger partial charge is 0.239 e. The largest absolute Gasteiger partial charge is 0.325 e. The van der Waals surface area contributed by atoms with Crippen LogP contribution in [0.3, 0.4) is 0 Å². The zero-order chi connectivity index (χ0) is 70.6. The molecule has 8 atom stereocenters. The third-order valence-electron chi connectivity index (χ3n) is 22.0. The van der Waals surface area contributed by atoms with Crippen LogP contribution in [0, 0.1) is 112 Å². The van der Waals surface area contributed by atoms with Crippen molar-refractivity contribution in [1.82, 2.24) is 19.6 Å². The van der Waals surface area contributed by atoms with Crippen molar-refractivity contribution < 1.29 is 19.2 Å².